The van der Waals surface area contributed by atoms with Gasteiger partial charge in [-0.25, -0.2) is 0 Å². The zero-order valence-electron chi connectivity index (χ0n) is 18.9. The third kappa shape index (κ3) is 5.22. The van der Waals surface area contributed by atoms with E-state index in [9.17, 15) is 4.79 Å². The van der Waals surface area contributed by atoms with E-state index in [1.54, 1.807) is 6.26 Å². The second-order valence-electron chi connectivity index (χ2n) is 7.95. The van der Waals surface area contributed by atoms with E-state index in [2.05, 4.69) is 50.2 Å². The van der Waals surface area contributed by atoms with Gasteiger partial charge in [0.05, 0.1) is 17.5 Å². The van der Waals surface area contributed by atoms with E-state index < -0.39 is 0 Å². The minimum atomic E-state index is -0.125. The number of rotatable bonds is 2. The number of benzene rings is 3. The Morgan fingerprint density at radius 1 is 1.00 bits per heavy atom. The average Bonchev–Trinajstić information content (AvgIpc) is 3.23. The fraction of sp³-hybridized carbons (Fsp3) is 0.143. The summed E-state index contributed by atoms with van der Waals surface area (Å²) in [7, 11) is 0. The Kier molecular flexibility index (Phi) is 7.47. The number of aromatic nitrogens is 1. The van der Waals surface area contributed by atoms with Crippen LogP contribution < -0.4 is 0 Å². The summed E-state index contributed by atoms with van der Waals surface area (Å²) in [5.41, 5.74) is 6.25. The van der Waals surface area contributed by atoms with Crippen LogP contribution in [0.4, 0.5) is 0 Å². The van der Waals surface area contributed by atoms with Crippen LogP contribution in [0.1, 0.15) is 25.0 Å². The normalized spacial score (nSPS) is 11.2. The van der Waals surface area contributed by atoms with Gasteiger partial charge in [-0.05, 0) is 39.0 Å². The number of allylic oxidation sites excluding steroid dienone is 2. The molecule has 2 aromatic heterocycles. The van der Waals surface area contributed by atoms with Crippen molar-refractivity contribution in [3.05, 3.63) is 89.9 Å². The molecule has 0 atom stereocenters. The number of fused-ring (bicyclic) bond motifs is 4. The number of para-hydroxylation sites is 1. The molecule has 0 aliphatic carbocycles. The summed E-state index contributed by atoms with van der Waals surface area (Å²) in [5.74, 6) is -0.0625. The Labute approximate surface area is 206 Å². The van der Waals surface area contributed by atoms with Gasteiger partial charge >= 0.3 is 0 Å². The molecule has 0 saturated carbocycles. The van der Waals surface area contributed by atoms with E-state index in [0.717, 1.165) is 38.5 Å². The number of aliphatic hydroxyl groups excluding tert-OH is 1. The number of aryl methyl sites for hydroxylation is 2. The van der Waals surface area contributed by atoms with Crippen LogP contribution in [0.5, 0.6) is 0 Å². The third-order valence-corrected chi connectivity index (χ3v) is 5.20. The molecule has 169 valence electrons. The van der Waals surface area contributed by atoms with Gasteiger partial charge in [-0.2, -0.15) is 0 Å². The van der Waals surface area contributed by atoms with Crippen LogP contribution in [0.2, 0.25) is 0 Å². The third-order valence-electron chi connectivity index (χ3n) is 5.20. The number of carbonyl (C=O) groups is 1. The van der Waals surface area contributed by atoms with Gasteiger partial charge in [0.2, 0.25) is 0 Å². The molecule has 0 unspecified atom stereocenters. The maximum Gasteiger partial charge on any atom is 0.155 e. The molecular formula is C28H24IrNO3-. The van der Waals surface area contributed by atoms with Crippen molar-refractivity contribution in [3.8, 4) is 11.3 Å². The van der Waals surface area contributed by atoms with Gasteiger partial charge in [-0.15, -0.1) is 29.1 Å². The van der Waals surface area contributed by atoms with E-state index in [1.807, 2.05) is 24.3 Å². The first-order valence-electron chi connectivity index (χ1n) is 10.4. The largest absolute Gasteiger partial charge is 0.512 e. The number of furan rings is 1. The Morgan fingerprint density at radius 3 is 2.45 bits per heavy atom. The molecule has 4 nitrogen and oxygen atoms in total. The zero-order valence-corrected chi connectivity index (χ0v) is 21.3. The van der Waals surface area contributed by atoms with Gasteiger partial charge in [0.1, 0.15) is 5.58 Å². The number of hydrogen-bond acceptors (Lipinski definition) is 4. The maximum absolute atomic E-state index is 10.0. The number of aliphatic hydroxyl groups is 1. The molecule has 5 heteroatoms. The van der Waals surface area contributed by atoms with Crippen molar-refractivity contribution >= 4 is 38.4 Å². The quantitative estimate of drug-likeness (QED) is 0.129. The van der Waals surface area contributed by atoms with Crippen molar-refractivity contribution in [2.75, 3.05) is 0 Å². The first-order valence-corrected chi connectivity index (χ1v) is 10.4. The van der Waals surface area contributed by atoms with Gasteiger partial charge in [0, 0.05) is 42.6 Å². The van der Waals surface area contributed by atoms with Crippen LogP contribution in [-0.4, -0.2) is 15.9 Å². The summed E-state index contributed by atoms with van der Waals surface area (Å²) >= 11 is 0. The number of nitrogens with zero attached hydrogens (tertiary/aromatic N) is 1. The van der Waals surface area contributed by atoms with Crippen LogP contribution in [-0.2, 0) is 24.9 Å². The summed E-state index contributed by atoms with van der Waals surface area (Å²) in [6.45, 7) is 7.11. The summed E-state index contributed by atoms with van der Waals surface area (Å²) in [5, 5.41) is 12.8. The van der Waals surface area contributed by atoms with Crippen molar-refractivity contribution in [1.82, 2.24) is 4.98 Å². The Hall–Kier alpha value is -3.27. The second-order valence-corrected chi connectivity index (χ2v) is 7.95. The van der Waals surface area contributed by atoms with Crippen molar-refractivity contribution in [1.29, 1.82) is 0 Å². The van der Waals surface area contributed by atoms with Crippen LogP contribution in [0.3, 0.4) is 0 Å². The van der Waals surface area contributed by atoms with E-state index in [-0.39, 0.29) is 31.6 Å². The average molecular weight is 615 g/mol. The summed E-state index contributed by atoms with van der Waals surface area (Å²) in [4.78, 5) is 14.9. The summed E-state index contributed by atoms with van der Waals surface area (Å²) in [6.07, 6.45) is 2.90. The SMILES string of the molecule is CC(=O)/C=C(/C)O.Cc1ccc2[c-]c(-c3nc4ccccc4c4occc34)cc(C)c2c1.[Ir]. The van der Waals surface area contributed by atoms with Crippen LogP contribution in [0, 0.1) is 19.9 Å². The second kappa shape index (κ2) is 10.1. The number of hydrogen-bond donors (Lipinski definition) is 1. The zero-order chi connectivity index (χ0) is 22.8. The molecule has 5 aromatic rings. The van der Waals surface area contributed by atoms with Gasteiger partial charge in [0.15, 0.2) is 5.78 Å². The molecule has 3 aromatic carbocycles. The van der Waals surface area contributed by atoms with E-state index in [0.29, 0.717) is 0 Å². The molecule has 33 heavy (non-hydrogen) atoms. The van der Waals surface area contributed by atoms with Gasteiger partial charge in [0.25, 0.3) is 0 Å². The minimum Gasteiger partial charge on any atom is -0.512 e. The molecule has 0 aliphatic heterocycles. The molecular weight excluding hydrogens is 591 g/mol. The fourth-order valence-corrected chi connectivity index (χ4v) is 3.84. The monoisotopic (exact) mass is 615 g/mol. The minimum absolute atomic E-state index is 0. The summed E-state index contributed by atoms with van der Waals surface area (Å²) < 4.78 is 5.77. The first kappa shape index (κ1) is 24.4. The molecule has 2 heterocycles. The van der Waals surface area contributed by atoms with Crippen LogP contribution in [0.15, 0.2) is 77.1 Å². The van der Waals surface area contributed by atoms with Crippen LogP contribution in [0.25, 0.3) is 43.9 Å². The Morgan fingerprint density at radius 2 is 1.76 bits per heavy atom. The number of pyridine rings is 1. The molecule has 0 spiro atoms. The topological polar surface area (TPSA) is 63.3 Å². The van der Waals surface area contributed by atoms with Crippen molar-refractivity contribution in [3.63, 3.8) is 0 Å². The van der Waals surface area contributed by atoms with Crippen molar-refractivity contribution in [2.45, 2.75) is 27.7 Å². The standard InChI is InChI=1S/C23H16NO.C5H8O2.Ir/c1-14-7-8-16-13-17(12-15(2)20(16)11-14)22-19-9-10-25-23(19)18-5-3-4-6-21(18)24-22;1-4(6)3-5(2)7;/h3-12H,1-2H3;3,6H,1-2H3;/q-1;;/b;4-3-;. The van der Waals surface area contributed by atoms with Gasteiger partial charge in [-0.3, -0.25) is 9.78 Å². The summed E-state index contributed by atoms with van der Waals surface area (Å²) in [6, 6.07) is 22.3. The van der Waals surface area contributed by atoms with Crippen molar-refractivity contribution in [2.24, 2.45) is 0 Å². The Balaban J connectivity index is 0.000000337. The number of ketones is 1. The van der Waals surface area contributed by atoms with Gasteiger partial charge < -0.3 is 9.52 Å². The predicted octanol–water partition coefficient (Wildman–Crippen LogP) is 7.25. The Bertz CT molecular complexity index is 1490. The predicted molar refractivity (Wildman–Crippen MR) is 130 cm³/mol. The molecule has 0 aliphatic rings. The molecule has 0 bridgehead atoms. The van der Waals surface area contributed by atoms with E-state index in [4.69, 9.17) is 14.5 Å². The van der Waals surface area contributed by atoms with E-state index >= 15 is 0 Å². The molecule has 0 amide bonds. The molecule has 1 radical (unpaired) electrons. The smallest absolute Gasteiger partial charge is 0.155 e. The van der Waals surface area contributed by atoms with Crippen molar-refractivity contribution < 1.29 is 34.4 Å². The molecule has 0 saturated heterocycles. The van der Waals surface area contributed by atoms with Crippen LogP contribution >= 0.6 is 0 Å². The maximum atomic E-state index is 10.0. The first-order chi connectivity index (χ1) is 15.3. The molecule has 5 rings (SSSR count). The van der Waals surface area contributed by atoms with E-state index in [1.165, 1.54) is 36.4 Å². The molecule has 1 N–H and O–H groups in total. The fourth-order valence-electron chi connectivity index (χ4n) is 3.84. The molecule has 0 fully saturated rings. The van der Waals surface area contributed by atoms with Gasteiger partial charge in [-0.1, -0.05) is 47.7 Å². The number of carbonyl (C=O) groups excluding carboxylic acids is 1.